The molecule has 0 radical (unpaired) electrons. The van der Waals surface area contributed by atoms with Crippen molar-refractivity contribution in [3.05, 3.63) is 35.9 Å². The maximum absolute atomic E-state index is 12.8. The number of carboxylic acid groups (broad SMARTS) is 1. The molecule has 0 saturated carbocycles. The first-order valence-corrected chi connectivity index (χ1v) is 5.84. The molecule has 0 unspecified atom stereocenters. The molecule has 2 atom stereocenters. The zero-order valence-electron chi connectivity index (χ0n) is 10.6. The number of halogens is 3. The van der Waals surface area contributed by atoms with E-state index < -0.39 is 30.0 Å². The summed E-state index contributed by atoms with van der Waals surface area (Å²) in [6.45, 7) is 0.906. The van der Waals surface area contributed by atoms with E-state index in [1.165, 1.54) is 0 Å². The lowest BCUT2D eigenvalue weighted by atomic mass is 10.0. The monoisotopic (exact) mass is 289 g/mol. The molecule has 1 aromatic carbocycles. The van der Waals surface area contributed by atoms with Gasteiger partial charge in [-0.25, -0.2) is 0 Å². The lowest BCUT2D eigenvalue weighted by Crippen LogP contribution is -2.51. The fourth-order valence-electron chi connectivity index (χ4n) is 1.64. The highest BCUT2D eigenvalue weighted by molar-refractivity contribution is 5.80. The molecule has 1 rings (SSSR count). The number of carbonyl (C=O) groups excluding carboxylic acids is 1. The van der Waals surface area contributed by atoms with Crippen molar-refractivity contribution in [2.45, 2.75) is 25.6 Å². The van der Waals surface area contributed by atoms with E-state index in [2.05, 4.69) is 0 Å². The van der Waals surface area contributed by atoms with Crippen LogP contribution in [0.15, 0.2) is 30.3 Å². The standard InChI is InChI=1S/C13H14F3NO3/c1-8(12(19)20)11(13(14,15)16)17-10(18)7-9-5-3-2-4-6-9/h2-6,8,11H,7H2,1H3,(H,17,18)(H,19,20)/t8-,11-/m1/s1. The van der Waals surface area contributed by atoms with E-state index in [0.29, 0.717) is 5.56 Å². The van der Waals surface area contributed by atoms with Gasteiger partial charge in [0.2, 0.25) is 5.91 Å². The van der Waals surface area contributed by atoms with E-state index >= 15 is 0 Å². The van der Waals surface area contributed by atoms with E-state index in [1.807, 2.05) is 0 Å². The van der Waals surface area contributed by atoms with Crippen LogP contribution in [0.4, 0.5) is 13.2 Å². The number of hydrogen-bond donors (Lipinski definition) is 2. The van der Waals surface area contributed by atoms with Crippen molar-refractivity contribution in [2.24, 2.45) is 5.92 Å². The van der Waals surface area contributed by atoms with Crippen LogP contribution in [0.2, 0.25) is 0 Å². The van der Waals surface area contributed by atoms with Crippen molar-refractivity contribution in [3.63, 3.8) is 0 Å². The molecule has 2 N–H and O–H groups in total. The van der Waals surface area contributed by atoms with Gasteiger partial charge in [-0.05, 0) is 12.5 Å². The van der Waals surface area contributed by atoms with Crippen molar-refractivity contribution in [1.82, 2.24) is 5.32 Å². The normalized spacial score (nSPS) is 14.4. The van der Waals surface area contributed by atoms with Gasteiger partial charge < -0.3 is 10.4 Å². The highest BCUT2D eigenvalue weighted by Crippen LogP contribution is 2.26. The van der Waals surface area contributed by atoms with E-state index in [1.54, 1.807) is 35.6 Å². The van der Waals surface area contributed by atoms with Crippen LogP contribution in [0.1, 0.15) is 12.5 Å². The lowest BCUT2D eigenvalue weighted by Gasteiger charge is -2.24. The lowest BCUT2D eigenvalue weighted by molar-refractivity contribution is -0.179. The smallest absolute Gasteiger partial charge is 0.409 e. The molecule has 110 valence electrons. The van der Waals surface area contributed by atoms with Gasteiger partial charge in [0, 0.05) is 0 Å². The number of rotatable bonds is 5. The predicted molar refractivity (Wildman–Crippen MR) is 64.9 cm³/mol. The second kappa shape index (κ2) is 6.40. The first kappa shape index (κ1) is 16.0. The minimum absolute atomic E-state index is 0.236. The summed E-state index contributed by atoms with van der Waals surface area (Å²) in [5.74, 6) is -4.24. The summed E-state index contributed by atoms with van der Waals surface area (Å²) in [7, 11) is 0. The zero-order chi connectivity index (χ0) is 15.3. The SMILES string of the molecule is C[C@@H](C(=O)O)[C@@H](NC(=O)Cc1ccccc1)C(F)(F)F. The van der Waals surface area contributed by atoms with Crippen LogP contribution in [0.3, 0.4) is 0 Å². The third-order valence-electron chi connectivity index (χ3n) is 2.77. The van der Waals surface area contributed by atoms with Crippen LogP contribution in [-0.4, -0.2) is 29.2 Å². The highest BCUT2D eigenvalue weighted by atomic mass is 19.4. The molecule has 0 heterocycles. The second-order valence-electron chi connectivity index (χ2n) is 4.38. The fraction of sp³-hybridized carbons (Fsp3) is 0.385. The molecule has 7 heteroatoms. The Labute approximate surface area is 113 Å². The van der Waals surface area contributed by atoms with Gasteiger partial charge in [0.1, 0.15) is 6.04 Å². The molecular formula is C13H14F3NO3. The Kier molecular flexibility index (Phi) is 5.12. The van der Waals surface area contributed by atoms with Crippen LogP contribution < -0.4 is 5.32 Å². The van der Waals surface area contributed by atoms with Crippen molar-refractivity contribution in [3.8, 4) is 0 Å². The van der Waals surface area contributed by atoms with Crippen molar-refractivity contribution < 1.29 is 27.9 Å². The minimum Gasteiger partial charge on any atom is -0.481 e. The molecule has 1 amide bonds. The Morgan fingerprint density at radius 3 is 2.25 bits per heavy atom. The Morgan fingerprint density at radius 2 is 1.80 bits per heavy atom. The summed E-state index contributed by atoms with van der Waals surface area (Å²) in [4.78, 5) is 22.3. The maximum Gasteiger partial charge on any atom is 0.409 e. The average molecular weight is 289 g/mol. The number of carbonyl (C=O) groups is 2. The summed E-state index contributed by atoms with van der Waals surface area (Å²) in [6.07, 6.45) is -5.05. The molecular weight excluding hydrogens is 275 g/mol. The number of alkyl halides is 3. The molecule has 20 heavy (non-hydrogen) atoms. The third-order valence-corrected chi connectivity index (χ3v) is 2.77. The Bertz CT molecular complexity index is 473. The van der Waals surface area contributed by atoms with Crippen molar-refractivity contribution in [2.75, 3.05) is 0 Å². The number of hydrogen-bond acceptors (Lipinski definition) is 2. The van der Waals surface area contributed by atoms with Crippen LogP contribution in [0, 0.1) is 5.92 Å². The van der Waals surface area contributed by atoms with Crippen LogP contribution >= 0.6 is 0 Å². The molecule has 0 bridgehead atoms. The summed E-state index contributed by atoms with van der Waals surface area (Å²) in [5.41, 5.74) is 0.550. The number of carboxylic acids is 1. The van der Waals surface area contributed by atoms with Crippen LogP contribution in [0.25, 0.3) is 0 Å². The van der Waals surface area contributed by atoms with Crippen LogP contribution in [-0.2, 0) is 16.0 Å². The zero-order valence-corrected chi connectivity index (χ0v) is 10.6. The van der Waals surface area contributed by atoms with Crippen molar-refractivity contribution >= 4 is 11.9 Å². The number of amides is 1. The van der Waals surface area contributed by atoms with Gasteiger partial charge in [0.25, 0.3) is 0 Å². The third kappa shape index (κ3) is 4.56. The minimum atomic E-state index is -4.82. The van der Waals surface area contributed by atoms with E-state index in [4.69, 9.17) is 5.11 Å². The van der Waals surface area contributed by atoms with Gasteiger partial charge >= 0.3 is 12.1 Å². The van der Waals surface area contributed by atoms with Gasteiger partial charge in [-0.15, -0.1) is 0 Å². The fourth-order valence-corrected chi connectivity index (χ4v) is 1.64. The predicted octanol–water partition coefficient (Wildman–Crippen LogP) is 2.00. The molecule has 0 aromatic heterocycles. The van der Waals surface area contributed by atoms with Gasteiger partial charge in [0.05, 0.1) is 12.3 Å². The number of nitrogens with one attached hydrogen (secondary N) is 1. The van der Waals surface area contributed by atoms with Gasteiger partial charge in [-0.1, -0.05) is 30.3 Å². The molecule has 0 aliphatic heterocycles. The first-order valence-electron chi connectivity index (χ1n) is 5.84. The Morgan fingerprint density at radius 1 is 1.25 bits per heavy atom. The molecule has 4 nitrogen and oxygen atoms in total. The second-order valence-corrected chi connectivity index (χ2v) is 4.38. The maximum atomic E-state index is 12.8. The van der Waals surface area contributed by atoms with Gasteiger partial charge in [-0.3, -0.25) is 9.59 Å². The largest absolute Gasteiger partial charge is 0.481 e. The molecule has 0 spiro atoms. The van der Waals surface area contributed by atoms with Gasteiger partial charge in [-0.2, -0.15) is 13.2 Å². The van der Waals surface area contributed by atoms with Crippen molar-refractivity contribution in [1.29, 1.82) is 0 Å². The molecule has 0 saturated heterocycles. The Hall–Kier alpha value is -2.05. The Balaban J connectivity index is 2.75. The van der Waals surface area contributed by atoms with Crippen LogP contribution in [0.5, 0.6) is 0 Å². The summed E-state index contributed by atoms with van der Waals surface area (Å²) in [6, 6.07) is 5.82. The summed E-state index contributed by atoms with van der Waals surface area (Å²) >= 11 is 0. The van der Waals surface area contributed by atoms with E-state index in [0.717, 1.165) is 6.92 Å². The molecule has 1 aromatic rings. The first-order chi connectivity index (χ1) is 9.21. The highest BCUT2D eigenvalue weighted by Gasteiger charge is 2.46. The average Bonchev–Trinajstić information content (AvgIpc) is 2.35. The topological polar surface area (TPSA) is 66.4 Å². The molecule has 0 aliphatic carbocycles. The molecule has 0 fully saturated rings. The van der Waals surface area contributed by atoms with E-state index in [-0.39, 0.29) is 6.42 Å². The number of aliphatic carboxylic acids is 1. The summed E-state index contributed by atoms with van der Waals surface area (Å²) < 4.78 is 38.3. The van der Waals surface area contributed by atoms with Gasteiger partial charge in [0.15, 0.2) is 0 Å². The van der Waals surface area contributed by atoms with E-state index in [9.17, 15) is 22.8 Å². The number of benzene rings is 1. The molecule has 0 aliphatic rings. The quantitative estimate of drug-likeness (QED) is 0.871. The summed E-state index contributed by atoms with van der Waals surface area (Å²) in [5, 5.41) is 10.4.